The number of hydrogen-bond donors (Lipinski definition) is 0. The molecule has 0 N–H and O–H groups in total. The Morgan fingerprint density at radius 1 is 0.562 bits per heavy atom. The quantitative estimate of drug-likeness (QED) is 0.0372. The molecule has 0 fully saturated rings. The summed E-state index contributed by atoms with van der Waals surface area (Å²) in [7, 11) is 4.19. The van der Waals surface area contributed by atoms with Crippen molar-refractivity contribution in [1.29, 1.82) is 0 Å². The maximum atomic E-state index is 13.6. The van der Waals surface area contributed by atoms with E-state index in [-0.39, 0.29) is 12.0 Å². The zero-order valence-electron chi connectivity index (χ0n) is 32.9. The lowest BCUT2D eigenvalue weighted by Gasteiger charge is -2.33. The molecule has 6 nitrogen and oxygen atoms in total. The first-order valence-corrected chi connectivity index (χ1v) is 20.9. The van der Waals surface area contributed by atoms with Crippen molar-refractivity contribution >= 4 is 18.2 Å². The summed E-state index contributed by atoms with van der Waals surface area (Å²) in [6.07, 6.45) is 32.8. The molecule has 0 spiro atoms. The highest BCUT2D eigenvalue weighted by molar-refractivity contribution is 5.76. The van der Waals surface area contributed by atoms with E-state index in [0.29, 0.717) is 37.7 Å². The fourth-order valence-corrected chi connectivity index (χ4v) is 6.83. The van der Waals surface area contributed by atoms with E-state index >= 15 is 0 Å². The van der Waals surface area contributed by atoms with Crippen molar-refractivity contribution in [2.24, 2.45) is 5.92 Å². The Morgan fingerprint density at radius 2 is 1.04 bits per heavy atom. The predicted molar refractivity (Wildman–Crippen MR) is 205 cm³/mol. The first-order valence-electron chi connectivity index (χ1n) is 20.9. The van der Waals surface area contributed by atoms with Gasteiger partial charge in [0.05, 0.1) is 6.61 Å². The summed E-state index contributed by atoms with van der Waals surface area (Å²) in [5.41, 5.74) is 0. The fraction of sp³-hybridized carbons (Fsp3) is 0.929. The summed E-state index contributed by atoms with van der Waals surface area (Å²) in [5, 5.41) is 0. The van der Waals surface area contributed by atoms with Gasteiger partial charge in [0.25, 0.3) is 0 Å². The van der Waals surface area contributed by atoms with Gasteiger partial charge in [0.1, 0.15) is 6.29 Å². The van der Waals surface area contributed by atoms with Gasteiger partial charge in [-0.1, -0.05) is 136 Å². The summed E-state index contributed by atoms with van der Waals surface area (Å²) in [4.78, 5) is 41.5. The SMILES string of the molecule is CCCCCCCCC(CCCCCC)COC(=O)CCCCCC(CCCCCC=O)N(CCCN(C)C)C(=O)CCCCCCC. The predicted octanol–water partition coefficient (Wildman–Crippen LogP) is 11.5. The van der Waals surface area contributed by atoms with Crippen LogP contribution in [0, 0.1) is 5.92 Å². The lowest BCUT2D eigenvalue weighted by Crippen LogP contribution is -2.41. The van der Waals surface area contributed by atoms with Crippen LogP contribution in [-0.4, -0.2) is 67.8 Å². The Hall–Kier alpha value is -1.43. The van der Waals surface area contributed by atoms with E-state index < -0.39 is 0 Å². The van der Waals surface area contributed by atoms with E-state index in [0.717, 1.165) is 90.0 Å². The molecule has 1 amide bonds. The van der Waals surface area contributed by atoms with Crippen molar-refractivity contribution in [3.63, 3.8) is 0 Å². The maximum absolute atomic E-state index is 13.6. The second-order valence-corrected chi connectivity index (χ2v) is 14.9. The lowest BCUT2D eigenvalue weighted by atomic mass is 9.95. The Morgan fingerprint density at radius 3 is 1.62 bits per heavy atom. The third-order valence-corrected chi connectivity index (χ3v) is 9.95. The van der Waals surface area contributed by atoms with Crippen LogP contribution in [0.25, 0.3) is 0 Å². The van der Waals surface area contributed by atoms with Crippen LogP contribution in [0.4, 0.5) is 0 Å². The fourth-order valence-electron chi connectivity index (χ4n) is 6.83. The minimum absolute atomic E-state index is 0.0354. The number of carbonyl (C=O) groups excluding carboxylic acids is 3. The van der Waals surface area contributed by atoms with Gasteiger partial charge in [-0.15, -0.1) is 0 Å². The molecule has 0 aliphatic rings. The molecule has 0 saturated heterocycles. The average Bonchev–Trinajstić information content (AvgIpc) is 3.07. The lowest BCUT2D eigenvalue weighted by molar-refractivity contribution is -0.145. The highest BCUT2D eigenvalue weighted by atomic mass is 16.5. The monoisotopic (exact) mass is 679 g/mol. The molecule has 2 atom stereocenters. The van der Waals surface area contributed by atoms with E-state index in [1.807, 2.05) is 0 Å². The first kappa shape index (κ1) is 46.6. The number of aldehydes is 1. The van der Waals surface area contributed by atoms with E-state index in [4.69, 9.17) is 4.74 Å². The smallest absolute Gasteiger partial charge is 0.305 e. The molecular formula is C42H82N2O4. The van der Waals surface area contributed by atoms with Crippen LogP contribution in [-0.2, 0) is 19.1 Å². The van der Waals surface area contributed by atoms with Crippen LogP contribution in [0.5, 0.6) is 0 Å². The molecule has 6 heteroatoms. The number of nitrogens with zero attached hydrogens (tertiary/aromatic N) is 2. The maximum Gasteiger partial charge on any atom is 0.305 e. The summed E-state index contributed by atoms with van der Waals surface area (Å²) in [6.45, 7) is 9.13. The van der Waals surface area contributed by atoms with Gasteiger partial charge in [0.15, 0.2) is 0 Å². The Labute approximate surface area is 299 Å². The third kappa shape index (κ3) is 29.5. The zero-order chi connectivity index (χ0) is 35.5. The van der Waals surface area contributed by atoms with Crippen LogP contribution in [0.15, 0.2) is 0 Å². The van der Waals surface area contributed by atoms with E-state index in [2.05, 4.69) is 44.7 Å². The van der Waals surface area contributed by atoms with Crippen molar-refractivity contribution in [3.8, 4) is 0 Å². The van der Waals surface area contributed by atoms with Gasteiger partial charge < -0.3 is 19.3 Å². The summed E-state index contributed by atoms with van der Waals surface area (Å²) in [6, 6.07) is 0.244. The number of unbranched alkanes of at least 4 members (excludes halogenated alkanes) is 17. The standard InChI is InChI=1S/C42H82N2O4/c1-6-9-12-15-17-22-30-39(29-21-14-11-8-3)38-48-42(47)34-26-20-24-32-40(31-23-18-19-27-37-45)44(36-28-35-43(4)5)41(46)33-25-16-13-10-7-2/h37,39-40H,6-36,38H2,1-5H3. The van der Waals surface area contributed by atoms with E-state index in [1.54, 1.807) is 0 Å². The molecule has 0 aromatic carbocycles. The van der Waals surface area contributed by atoms with Gasteiger partial charge in [-0.05, 0) is 77.9 Å². The first-order chi connectivity index (χ1) is 23.4. The van der Waals surface area contributed by atoms with Crippen LogP contribution < -0.4 is 0 Å². The number of amides is 1. The summed E-state index contributed by atoms with van der Waals surface area (Å²) >= 11 is 0. The third-order valence-electron chi connectivity index (χ3n) is 9.95. The summed E-state index contributed by atoms with van der Waals surface area (Å²) < 4.78 is 5.84. The molecule has 0 rings (SSSR count). The van der Waals surface area contributed by atoms with E-state index in [1.165, 1.54) is 96.3 Å². The molecule has 48 heavy (non-hydrogen) atoms. The molecule has 0 heterocycles. The molecule has 2 unspecified atom stereocenters. The molecule has 0 aromatic heterocycles. The second-order valence-electron chi connectivity index (χ2n) is 14.9. The number of rotatable bonds is 37. The van der Waals surface area contributed by atoms with Crippen LogP contribution in [0.3, 0.4) is 0 Å². The summed E-state index contributed by atoms with van der Waals surface area (Å²) in [5.74, 6) is 0.788. The van der Waals surface area contributed by atoms with Crippen molar-refractivity contribution < 1.29 is 19.1 Å². The van der Waals surface area contributed by atoms with Gasteiger partial charge in [-0.2, -0.15) is 0 Å². The zero-order valence-corrected chi connectivity index (χ0v) is 32.9. The molecule has 0 bridgehead atoms. The topological polar surface area (TPSA) is 66.9 Å². The number of carbonyl (C=O) groups is 3. The van der Waals surface area contributed by atoms with Gasteiger partial charge in [-0.3, -0.25) is 9.59 Å². The average molecular weight is 679 g/mol. The Balaban J connectivity index is 4.93. The second kappa shape index (κ2) is 35.4. The Bertz CT molecular complexity index is 728. The van der Waals surface area contributed by atoms with Gasteiger partial charge in [0, 0.05) is 31.8 Å². The molecule has 0 radical (unpaired) electrons. The van der Waals surface area contributed by atoms with Gasteiger partial charge in [-0.25, -0.2) is 0 Å². The van der Waals surface area contributed by atoms with Gasteiger partial charge in [0.2, 0.25) is 5.91 Å². The molecule has 0 aliphatic heterocycles. The van der Waals surface area contributed by atoms with Crippen molar-refractivity contribution in [1.82, 2.24) is 9.80 Å². The largest absolute Gasteiger partial charge is 0.465 e. The molecule has 0 aromatic rings. The number of hydrogen-bond acceptors (Lipinski definition) is 5. The minimum atomic E-state index is -0.0354. The van der Waals surface area contributed by atoms with Crippen LogP contribution in [0.2, 0.25) is 0 Å². The van der Waals surface area contributed by atoms with Gasteiger partial charge >= 0.3 is 5.97 Å². The highest BCUT2D eigenvalue weighted by Gasteiger charge is 2.23. The number of esters is 1. The minimum Gasteiger partial charge on any atom is -0.465 e. The van der Waals surface area contributed by atoms with Crippen LogP contribution >= 0.6 is 0 Å². The molecular weight excluding hydrogens is 596 g/mol. The molecule has 0 saturated carbocycles. The van der Waals surface area contributed by atoms with Crippen molar-refractivity contribution in [2.75, 3.05) is 33.8 Å². The van der Waals surface area contributed by atoms with E-state index in [9.17, 15) is 14.4 Å². The Kier molecular flexibility index (Phi) is 34.3. The van der Waals surface area contributed by atoms with Crippen LogP contribution in [0.1, 0.15) is 207 Å². The molecule has 284 valence electrons. The number of ether oxygens (including phenoxy) is 1. The normalized spacial score (nSPS) is 12.7. The highest BCUT2D eigenvalue weighted by Crippen LogP contribution is 2.22. The van der Waals surface area contributed by atoms with Crippen molar-refractivity contribution in [2.45, 2.75) is 213 Å². The molecule has 0 aliphatic carbocycles. The van der Waals surface area contributed by atoms with Crippen molar-refractivity contribution in [3.05, 3.63) is 0 Å².